The van der Waals surface area contributed by atoms with Crippen molar-refractivity contribution in [2.45, 2.75) is 32.9 Å². The van der Waals surface area contributed by atoms with Crippen molar-refractivity contribution in [1.82, 2.24) is 15.2 Å². The zero-order valence-electron chi connectivity index (χ0n) is 18.9. The molecule has 0 saturated heterocycles. The maximum atomic E-state index is 12.6. The summed E-state index contributed by atoms with van der Waals surface area (Å²) < 4.78 is 7.08. The molecular formula is C25H28N4O4. The summed E-state index contributed by atoms with van der Waals surface area (Å²) in [5, 5.41) is 8.04. The summed E-state index contributed by atoms with van der Waals surface area (Å²) >= 11 is 0. The van der Waals surface area contributed by atoms with Crippen LogP contribution in [0, 0.1) is 0 Å². The number of amides is 3. The average molecular weight is 449 g/mol. The number of ether oxygens (including phenoxy) is 1. The van der Waals surface area contributed by atoms with Gasteiger partial charge in [-0.2, -0.15) is 0 Å². The summed E-state index contributed by atoms with van der Waals surface area (Å²) in [5.41, 5.74) is 2.14. The Labute approximate surface area is 192 Å². The molecule has 3 rings (SSSR count). The number of carbonyl (C=O) groups is 3. The normalized spacial score (nSPS) is 10.9. The van der Waals surface area contributed by atoms with Gasteiger partial charge in [0.2, 0.25) is 5.91 Å². The smallest absolute Gasteiger partial charge is 0.408 e. The molecule has 0 saturated carbocycles. The predicted octanol–water partition coefficient (Wildman–Crippen LogP) is 3.87. The molecule has 0 bridgehead atoms. The standard InChI is InChI=1S/C25H28N4O4/c1-25(2,3)33-24(32)27-17-22(30)28-21-9-5-4-8-19(21)16-26-23(31)18-10-12-20(13-11-18)29-14-6-7-15-29/h4-15H,16-17H2,1-3H3,(H,26,31)(H,27,32)(H,28,30). The second-order valence-corrected chi connectivity index (χ2v) is 8.38. The lowest BCUT2D eigenvalue weighted by Gasteiger charge is -2.19. The molecule has 3 aromatic rings. The lowest BCUT2D eigenvalue weighted by atomic mass is 10.1. The lowest BCUT2D eigenvalue weighted by Crippen LogP contribution is -2.37. The quantitative estimate of drug-likeness (QED) is 0.511. The molecule has 0 aliphatic rings. The monoisotopic (exact) mass is 448 g/mol. The van der Waals surface area contributed by atoms with E-state index in [2.05, 4.69) is 16.0 Å². The van der Waals surface area contributed by atoms with Crippen LogP contribution in [-0.2, 0) is 16.1 Å². The number of hydrogen-bond acceptors (Lipinski definition) is 4. The molecule has 0 aliphatic carbocycles. The molecule has 3 N–H and O–H groups in total. The van der Waals surface area contributed by atoms with Crippen molar-refractivity contribution >= 4 is 23.6 Å². The Balaban J connectivity index is 1.54. The van der Waals surface area contributed by atoms with Gasteiger partial charge in [-0.3, -0.25) is 9.59 Å². The van der Waals surface area contributed by atoms with E-state index in [0.717, 1.165) is 11.3 Å². The molecule has 0 radical (unpaired) electrons. The Morgan fingerprint density at radius 3 is 2.21 bits per heavy atom. The van der Waals surface area contributed by atoms with Crippen LogP contribution in [-0.4, -0.2) is 34.6 Å². The van der Waals surface area contributed by atoms with E-state index >= 15 is 0 Å². The molecule has 3 amide bonds. The third-order valence-corrected chi connectivity index (χ3v) is 4.56. The minimum atomic E-state index is -0.666. The van der Waals surface area contributed by atoms with Gasteiger partial charge in [0.25, 0.3) is 5.91 Å². The molecule has 8 heteroatoms. The van der Waals surface area contributed by atoms with Crippen molar-refractivity contribution in [3.63, 3.8) is 0 Å². The number of nitrogens with one attached hydrogen (secondary N) is 3. The highest BCUT2D eigenvalue weighted by molar-refractivity contribution is 5.95. The van der Waals surface area contributed by atoms with Gasteiger partial charge in [0.15, 0.2) is 0 Å². The van der Waals surface area contributed by atoms with Crippen LogP contribution in [0.25, 0.3) is 5.69 Å². The van der Waals surface area contributed by atoms with Crippen LogP contribution >= 0.6 is 0 Å². The lowest BCUT2D eigenvalue weighted by molar-refractivity contribution is -0.115. The van der Waals surface area contributed by atoms with Gasteiger partial charge < -0.3 is 25.3 Å². The van der Waals surface area contributed by atoms with E-state index in [4.69, 9.17) is 4.74 Å². The van der Waals surface area contributed by atoms with Gasteiger partial charge in [-0.05, 0) is 68.8 Å². The Morgan fingerprint density at radius 2 is 1.55 bits per heavy atom. The van der Waals surface area contributed by atoms with Crippen LogP contribution < -0.4 is 16.0 Å². The first-order valence-corrected chi connectivity index (χ1v) is 10.6. The number of alkyl carbamates (subject to hydrolysis) is 1. The maximum absolute atomic E-state index is 12.6. The van der Waals surface area contributed by atoms with Crippen LogP contribution in [0.5, 0.6) is 0 Å². The third-order valence-electron chi connectivity index (χ3n) is 4.56. The predicted molar refractivity (Wildman–Crippen MR) is 126 cm³/mol. The fourth-order valence-corrected chi connectivity index (χ4v) is 3.03. The summed E-state index contributed by atoms with van der Waals surface area (Å²) in [4.78, 5) is 36.5. The van der Waals surface area contributed by atoms with Crippen LogP contribution in [0.2, 0.25) is 0 Å². The maximum Gasteiger partial charge on any atom is 0.408 e. The van der Waals surface area contributed by atoms with Crippen molar-refractivity contribution in [1.29, 1.82) is 0 Å². The Bertz CT molecular complexity index is 1100. The number of para-hydroxylation sites is 1. The van der Waals surface area contributed by atoms with Crippen molar-refractivity contribution in [3.05, 3.63) is 84.2 Å². The number of anilines is 1. The topological polar surface area (TPSA) is 101 Å². The molecule has 2 aromatic carbocycles. The van der Waals surface area contributed by atoms with Gasteiger partial charge in [0.05, 0.1) is 0 Å². The van der Waals surface area contributed by atoms with E-state index in [0.29, 0.717) is 11.3 Å². The second kappa shape index (κ2) is 10.5. The minimum Gasteiger partial charge on any atom is -0.444 e. The van der Waals surface area contributed by atoms with E-state index in [-0.39, 0.29) is 19.0 Å². The largest absolute Gasteiger partial charge is 0.444 e. The first-order chi connectivity index (χ1) is 15.7. The molecule has 0 aliphatic heterocycles. The third kappa shape index (κ3) is 7.24. The fourth-order valence-electron chi connectivity index (χ4n) is 3.03. The summed E-state index contributed by atoms with van der Waals surface area (Å²) in [7, 11) is 0. The average Bonchev–Trinajstić information content (AvgIpc) is 3.31. The van der Waals surface area contributed by atoms with Gasteiger partial charge in [-0.25, -0.2) is 4.79 Å². The van der Waals surface area contributed by atoms with Crippen molar-refractivity contribution < 1.29 is 19.1 Å². The van der Waals surface area contributed by atoms with E-state index in [1.54, 1.807) is 45.0 Å². The molecule has 0 fully saturated rings. The first-order valence-electron chi connectivity index (χ1n) is 10.6. The molecular weight excluding hydrogens is 420 g/mol. The number of benzene rings is 2. The molecule has 0 spiro atoms. The molecule has 0 unspecified atom stereocenters. The highest BCUT2D eigenvalue weighted by Gasteiger charge is 2.17. The van der Waals surface area contributed by atoms with Crippen molar-refractivity contribution in [2.75, 3.05) is 11.9 Å². The fraction of sp³-hybridized carbons (Fsp3) is 0.240. The Hall–Kier alpha value is -4.07. The van der Waals surface area contributed by atoms with Crippen LogP contribution in [0.4, 0.5) is 10.5 Å². The van der Waals surface area contributed by atoms with E-state index in [9.17, 15) is 14.4 Å². The van der Waals surface area contributed by atoms with Crippen LogP contribution in [0.3, 0.4) is 0 Å². The van der Waals surface area contributed by atoms with Gasteiger partial charge in [0, 0.05) is 35.9 Å². The molecule has 33 heavy (non-hydrogen) atoms. The number of aromatic nitrogens is 1. The minimum absolute atomic E-state index is 0.221. The SMILES string of the molecule is CC(C)(C)OC(=O)NCC(=O)Nc1ccccc1CNC(=O)c1ccc(-n2cccc2)cc1. The summed E-state index contributed by atoms with van der Waals surface area (Å²) in [5.74, 6) is -0.623. The van der Waals surface area contributed by atoms with Crippen LogP contribution in [0.15, 0.2) is 73.1 Å². The number of carbonyl (C=O) groups excluding carboxylic acids is 3. The van der Waals surface area contributed by atoms with Gasteiger partial charge in [-0.15, -0.1) is 0 Å². The number of nitrogens with zero attached hydrogens (tertiary/aromatic N) is 1. The zero-order chi connectivity index (χ0) is 23.8. The van der Waals surface area contributed by atoms with Crippen molar-refractivity contribution in [3.8, 4) is 5.69 Å². The van der Waals surface area contributed by atoms with Crippen LogP contribution in [0.1, 0.15) is 36.7 Å². The molecule has 0 atom stereocenters. The van der Waals surface area contributed by atoms with Gasteiger partial charge in [0.1, 0.15) is 12.1 Å². The van der Waals surface area contributed by atoms with Gasteiger partial charge >= 0.3 is 6.09 Å². The Kier molecular flexibility index (Phi) is 7.50. The van der Waals surface area contributed by atoms with E-state index < -0.39 is 17.6 Å². The van der Waals surface area contributed by atoms with Gasteiger partial charge in [-0.1, -0.05) is 18.2 Å². The van der Waals surface area contributed by atoms with Crippen molar-refractivity contribution in [2.24, 2.45) is 0 Å². The first kappa shape index (κ1) is 23.6. The highest BCUT2D eigenvalue weighted by atomic mass is 16.6. The summed E-state index contributed by atoms with van der Waals surface area (Å²) in [6.07, 6.45) is 3.20. The summed E-state index contributed by atoms with van der Waals surface area (Å²) in [6, 6.07) is 18.3. The Morgan fingerprint density at radius 1 is 0.879 bits per heavy atom. The highest BCUT2D eigenvalue weighted by Crippen LogP contribution is 2.16. The molecule has 8 nitrogen and oxygen atoms in total. The molecule has 1 heterocycles. The molecule has 172 valence electrons. The zero-order valence-corrected chi connectivity index (χ0v) is 18.9. The van der Waals surface area contributed by atoms with E-state index in [1.807, 2.05) is 53.4 Å². The van der Waals surface area contributed by atoms with E-state index in [1.165, 1.54) is 0 Å². The molecule has 1 aromatic heterocycles. The second-order valence-electron chi connectivity index (χ2n) is 8.38. The number of rotatable bonds is 7. The summed E-state index contributed by atoms with van der Waals surface area (Å²) in [6.45, 7) is 5.23. The number of hydrogen-bond donors (Lipinski definition) is 3.